The average Bonchev–Trinajstić information content (AvgIpc) is 2.54. The fourth-order valence-corrected chi connectivity index (χ4v) is 2.43. The van der Waals surface area contributed by atoms with Crippen molar-refractivity contribution in [2.75, 3.05) is 18.4 Å². The summed E-state index contributed by atoms with van der Waals surface area (Å²) in [5, 5.41) is 15.5. The second-order valence-electron chi connectivity index (χ2n) is 3.82. The summed E-state index contributed by atoms with van der Waals surface area (Å²) in [6.45, 7) is 7.00. The predicted octanol–water partition coefficient (Wildman–Crippen LogP) is 2.17. The summed E-state index contributed by atoms with van der Waals surface area (Å²) in [6.07, 6.45) is 0.994. The second kappa shape index (κ2) is 6.38. The van der Waals surface area contributed by atoms with Gasteiger partial charge in [-0.2, -0.15) is 5.26 Å². The first kappa shape index (κ1) is 13.7. The van der Waals surface area contributed by atoms with Crippen molar-refractivity contribution in [3.8, 4) is 6.07 Å². The summed E-state index contributed by atoms with van der Waals surface area (Å²) < 4.78 is 0. The highest BCUT2D eigenvalue weighted by atomic mass is 32.1. The Morgan fingerprint density at radius 3 is 2.76 bits per heavy atom. The number of rotatable bonds is 5. The van der Waals surface area contributed by atoms with Crippen molar-refractivity contribution in [3.63, 3.8) is 0 Å². The normalized spacial score (nSPS) is 10.0. The number of nitriles is 1. The molecule has 0 unspecified atom stereocenters. The van der Waals surface area contributed by atoms with Crippen LogP contribution < -0.4 is 10.6 Å². The fraction of sp³-hybridized carbons (Fsp3) is 0.500. The molecule has 1 amide bonds. The predicted molar refractivity (Wildman–Crippen MR) is 70.3 cm³/mol. The maximum Gasteiger partial charge on any atom is 0.238 e. The molecule has 0 aliphatic rings. The molecule has 0 aliphatic heterocycles. The topological polar surface area (TPSA) is 64.9 Å². The van der Waals surface area contributed by atoms with Crippen molar-refractivity contribution in [2.45, 2.75) is 27.2 Å². The van der Waals surface area contributed by atoms with Gasteiger partial charge in [-0.15, -0.1) is 11.3 Å². The monoisotopic (exact) mass is 251 g/mol. The fourth-order valence-electron chi connectivity index (χ4n) is 1.40. The van der Waals surface area contributed by atoms with E-state index in [0.29, 0.717) is 10.6 Å². The van der Waals surface area contributed by atoms with E-state index in [9.17, 15) is 4.79 Å². The van der Waals surface area contributed by atoms with Gasteiger partial charge in [0.2, 0.25) is 5.91 Å². The highest BCUT2D eigenvalue weighted by Crippen LogP contribution is 2.31. The van der Waals surface area contributed by atoms with Gasteiger partial charge in [0.15, 0.2) is 0 Å². The number of anilines is 1. The molecule has 5 heteroatoms. The third-order valence-corrected chi connectivity index (χ3v) is 3.59. The van der Waals surface area contributed by atoms with E-state index in [0.717, 1.165) is 23.4 Å². The van der Waals surface area contributed by atoms with Crippen LogP contribution in [0.15, 0.2) is 0 Å². The summed E-state index contributed by atoms with van der Waals surface area (Å²) in [7, 11) is 0. The Hall–Kier alpha value is -1.38. The molecule has 92 valence electrons. The van der Waals surface area contributed by atoms with Crippen molar-refractivity contribution in [1.82, 2.24) is 5.32 Å². The first-order valence-corrected chi connectivity index (χ1v) is 6.42. The van der Waals surface area contributed by atoms with E-state index < -0.39 is 0 Å². The molecule has 0 bridgehead atoms. The highest BCUT2D eigenvalue weighted by Gasteiger charge is 2.13. The van der Waals surface area contributed by atoms with Gasteiger partial charge in [0.1, 0.15) is 11.1 Å². The molecule has 1 aromatic rings. The summed E-state index contributed by atoms with van der Waals surface area (Å²) in [4.78, 5) is 12.7. The Kier molecular flexibility index (Phi) is 5.13. The molecular formula is C12H17N3OS. The van der Waals surface area contributed by atoms with Crippen molar-refractivity contribution in [3.05, 3.63) is 16.0 Å². The minimum absolute atomic E-state index is 0.101. The number of amides is 1. The average molecular weight is 251 g/mol. The van der Waals surface area contributed by atoms with Crippen LogP contribution in [0.4, 0.5) is 5.00 Å². The molecule has 0 aliphatic carbocycles. The molecule has 0 aromatic carbocycles. The Morgan fingerprint density at radius 1 is 1.47 bits per heavy atom. The van der Waals surface area contributed by atoms with Gasteiger partial charge in [0.05, 0.1) is 12.1 Å². The largest absolute Gasteiger partial charge is 0.315 e. The molecular weight excluding hydrogens is 234 g/mol. The standard InChI is InChI=1S/C12H17N3OS/c1-4-5-14-7-11(16)15-12-10(6-13)8(2)9(3)17-12/h14H,4-5,7H2,1-3H3,(H,15,16). The van der Waals surface area contributed by atoms with E-state index in [2.05, 4.69) is 16.7 Å². The van der Waals surface area contributed by atoms with Crippen molar-refractivity contribution in [1.29, 1.82) is 5.26 Å². The molecule has 0 radical (unpaired) electrons. The third-order valence-electron chi connectivity index (χ3n) is 2.46. The van der Waals surface area contributed by atoms with Crippen LogP contribution in [0.3, 0.4) is 0 Å². The lowest BCUT2D eigenvalue weighted by Gasteiger charge is -2.04. The van der Waals surface area contributed by atoms with E-state index in [1.54, 1.807) is 0 Å². The molecule has 1 rings (SSSR count). The summed E-state index contributed by atoms with van der Waals surface area (Å²) in [5.74, 6) is -0.101. The Morgan fingerprint density at radius 2 is 2.18 bits per heavy atom. The van der Waals surface area contributed by atoms with Gasteiger partial charge in [-0.1, -0.05) is 6.92 Å². The molecule has 0 fully saturated rings. The van der Waals surface area contributed by atoms with E-state index in [1.165, 1.54) is 11.3 Å². The molecule has 4 nitrogen and oxygen atoms in total. The van der Waals surface area contributed by atoms with Crippen LogP contribution in [0.1, 0.15) is 29.3 Å². The smallest absolute Gasteiger partial charge is 0.238 e. The van der Waals surface area contributed by atoms with Crippen molar-refractivity contribution >= 4 is 22.2 Å². The van der Waals surface area contributed by atoms with Gasteiger partial charge >= 0.3 is 0 Å². The minimum atomic E-state index is -0.101. The molecule has 0 saturated heterocycles. The number of nitrogens with zero attached hydrogens (tertiary/aromatic N) is 1. The van der Waals surface area contributed by atoms with Gasteiger partial charge in [0, 0.05) is 4.88 Å². The van der Waals surface area contributed by atoms with Crippen LogP contribution in [0, 0.1) is 25.2 Å². The molecule has 1 heterocycles. The minimum Gasteiger partial charge on any atom is -0.315 e. The van der Waals surface area contributed by atoms with E-state index in [1.807, 2.05) is 20.8 Å². The SMILES string of the molecule is CCCNCC(=O)Nc1sc(C)c(C)c1C#N. The van der Waals surface area contributed by atoms with Gasteiger partial charge in [0.25, 0.3) is 0 Å². The zero-order valence-electron chi connectivity index (χ0n) is 10.4. The van der Waals surface area contributed by atoms with Crippen molar-refractivity contribution < 1.29 is 4.79 Å². The van der Waals surface area contributed by atoms with E-state index >= 15 is 0 Å². The summed E-state index contributed by atoms with van der Waals surface area (Å²) in [6, 6.07) is 2.13. The molecule has 17 heavy (non-hydrogen) atoms. The molecule has 0 spiro atoms. The Balaban J connectivity index is 2.66. The van der Waals surface area contributed by atoms with E-state index in [4.69, 9.17) is 5.26 Å². The lowest BCUT2D eigenvalue weighted by molar-refractivity contribution is -0.115. The number of nitrogens with one attached hydrogen (secondary N) is 2. The number of carbonyl (C=O) groups is 1. The molecule has 2 N–H and O–H groups in total. The lowest BCUT2D eigenvalue weighted by Crippen LogP contribution is -2.28. The Bertz CT molecular complexity index is 445. The number of hydrogen-bond acceptors (Lipinski definition) is 4. The lowest BCUT2D eigenvalue weighted by atomic mass is 10.2. The van der Waals surface area contributed by atoms with Crippen LogP contribution in [-0.2, 0) is 4.79 Å². The molecule has 0 atom stereocenters. The van der Waals surface area contributed by atoms with Gasteiger partial charge < -0.3 is 10.6 Å². The highest BCUT2D eigenvalue weighted by molar-refractivity contribution is 7.16. The maximum atomic E-state index is 11.6. The summed E-state index contributed by atoms with van der Waals surface area (Å²) in [5.41, 5.74) is 1.53. The Labute approximate surface area is 106 Å². The number of aryl methyl sites for hydroxylation is 1. The van der Waals surface area contributed by atoms with Crippen molar-refractivity contribution in [2.24, 2.45) is 0 Å². The molecule has 1 aromatic heterocycles. The first-order chi connectivity index (χ1) is 8.10. The van der Waals surface area contributed by atoms with Crippen LogP contribution in [0.25, 0.3) is 0 Å². The van der Waals surface area contributed by atoms with Crippen LogP contribution in [0.5, 0.6) is 0 Å². The number of thiophene rings is 1. The number of hydrogen-bond donors (Lipinski definition) is 2. The third kappa shape index (κ3) is 3.55. The van der Waals surface area contributed by atoms with Gasteiger partial charge in [-0.25, -0.2) is 0 Å². The van der Waals surface area contributed by atoms with Gasteiger partial charge in [-0.05, 0) is 32.4 Å². The van der Waals surface area contributed by atoms with Crippen LogP contribution >= 0.6 is 11.3 Å². The van der Waals surface area contributed by atoms with Crippen LogP contribution in [0.2, 0.25) is 0 Å². The molecule has 0 saturated carbocycles. The first-order valence-electron chi connectivity index (χ1n) is 5.60. The van der Waals surface area contributed by atoms with Gasteiger partial charge in [-0.3, -0.25) is 4.79 Å². The second-order valence-corrected chi connectivity index (χ2v) is 5.05. The quantitative estimate of drug-likeness (QED) is 0.788. The van der Waals surface area contributed by atoms with E-state index in [-0.39, 0.29) is 12.5 Å². The zero-order valence-corrected chi connectivity index (χ0v) is 11.2. The summed E-state index contributed by atoms with van der Waals surface area (Å²) >= 11 is 1.45. The van der Waals surface area contributed by atoms with Crippen LogP contribution in [-0.4, -0.2) is 19.0 Å². The zero-order chi connectivity index (χ0) is 12.8. The maximum absolute atomic E-state index is 11.6. The number of carbonyl (C=O) groups excluding carboxylic acids is 1.